The van der Waals surface area contributed by atoms with Crippen LogP contribution in [0.25, 0.3) is 0 Å². The van der Waals surface area contributed by atoms with Crippen LogP contribution in [-0.4, -0.2) is 78.1 Å². The van der Waals surface area contributed by atoms with E-state index in [9.17, 15) is 22.8 Å². The van der Waals surface area contributed by atoms with Crippen molar-refractivity contribution in [2.45, 2.75) is 32.4 Å². The zero-order chi connectivity index (χ0) is 23.4. The summed E-state index contributed by atoms with van der Waals surface area (Å²) in [5.74, 6) is -2.79. The Morgan fingerprint density at radius 2 is 1.81 bits per heavy atom. The van der Waals surface area contributed by atoms with Crippen LogP contribution in [0.2, 0.25) is 0 Å². The number of carbonyl (C=O) groups is 3. The number of nitrogens with one attached hydrogen (secondary N) is 1. The van der Waals surface area contributed by atoms with E-state index in [1.807, 2.05) is 23.1 Å². The van der Waals surface area contributed by atoms with Gasteiger partial charge in [-0.15, -0.1) is 0 Å². The van der Waals surface area contributed by atoms with Crippen LogP contribution in [0.1, 0.15) is 36.5 Å². The van der Waals surface area contributed by atoms with E-state index in [4.69, 9.17) is 9.90 Å². The van der Waals surface area contributed by atoms with Gasteiger partial charge in [0.1, 0.15) is 6.54 Å². The molecule has 1 aromatic carbocycles. The third-order valence-corrected chi connectivity index (χ3v) is 4.92. The number of alkyl halides is 3. The van der Waals surface area contributed by atoms with Gasteiger partial charge in [-0.1, -0.05) is 41.8 Å². The third-order valence-electron chi connectivity index (χ3n) is 4.43. The molecule has 0 atom stereocenters. The smallest absolute Gasteiger partial charge is 0.475 e. The summed E-state index contributed by atoms with van der Waals surface area (Å²) < 4.78 is 32.6. The summed E-state index contributed by atoms with van der Waals surface area (Å²) in [6.07, 6.45) is -2.01. The summed E-state index contributed by atoms with van der Waals surface area (Å²) >= 11 is 3.40. The van der Waals surface area contributed by atoms with Crippen LogP contribution >= 0.6 is 15.9 Å². The average molecular weight is 510 g/mol. The monoisotopic (exact) mass is 509 g/mol. The highest BCUT2D eigenvalue weighted by atomic mass is 79.9. The SMILES string of the molecule is CCCCCN(CC(=O)N1CCNCC1)C(=O)c1cccc(Br)c1.O=C(O)C(F)(F)F. The molecule has 1 aromatic rings. The lowest BCUT2D eigenvalue weighted by Gasteiger charge is -2.30. The number of hydrogen-bond donors (Lipinski definition) is 2. The Bertz CT molecular complexity index is 741. The zero-order valence-electron chi connectivity index (χ0n) is 17.3. The molecule has 2 N–H and O–H groups in total. The van der Waals surface area contributed by atoms with E-state index in [-0.39, 0.29) is 18.4 Å². The fourth-order valence-corrected chi connectivity index (χ4v) is 3.19. The Hall–Kier alpha value is -2.14. The summed E-state index contributed by atoms with van der Waals surface area (Å²) in [4.78, 5) is 37.8. The number of halogens is 4. The van der Waals surface area contributed by atoms with Gasteiger partial charge < -0.3 is 20.2 Å². The van der Waals surface area contributed by atoms with E-state index in [1.165, 1.54) is 0 Å². The number of piperazine rings is 1. The molecule has 0 radical (unpaired) electrons. The number of carboxylic acids is 1. The molecule has 0 unspecified atom stereocenters. The van der Waals surface area contributed by atoms with Gasteiger partial charge in [0.05, 0.1) is 0 Å². The van der Waals surface area contributed by atoms with E-state index < -0.39 is 12.1 Å². The number of benzene rings is 1. The maximum atomic E-state index is 12.8. The van der Waals surface area contributed by atoms with Crippen LogP contribution in [0, 0.1) is 0 Å². The molecule has 2 rings (SSSR count). The minimum absolute atomic E-state index is 0.0383. The molecule has 1 fully saturated rings. The van der Waals surface area contributed by atoms with Crippen LogP contribution < -0.4 is 5.32 Å². The molecular weight excluding hydrogens is 483 g/mol. The Morgan fingerprint density at radius 3 is 2.32 bits per heavy atom. The molecule has 0 aromatic heterocycles. The number of nitrogens with zero attached hydrogens (tertiary/aromatic N) is 2. The number of carbonyl (C=O) groups excluding carboxylic acids is 2. The fraction of sp³-hybridized carbons (Fsp3) is 0.550. The second-order valence-corrected chi connectivity index (χ2v) is 7.79. The Balaban J connectivity index is 0.000000592. The molecule has 0 spiro atoms. The van der Waals surface area contributed by atoms with Crippen LogP contribution in [0.4, 0.5) is 13.2 Å². The van der Waals surface area contributed by atoms with E-state index in [0.29, 0.717) is 25.2 Å². The molecule has 1 heterocycles. The highest BCUT2D eigenvalue weighted by molar-refractivity contribution is 9.10. The van der Waals surface area contributed by atoms with Crippen LogP contribution in [-0.2, 0) is 9.59 Å². The summed E-state index contributed by atoms with van der Waals surface area (Å²) in [6, 6.07) is 7.35. The summed E-state index contributed by atoms with van der Waals surface area (Å²) in [7, 11) is 0. The summed E-state index contributed by atoms with van der Waals surface area (Å²) in [6.45, 7) is 5.99. The van der Waals surface area contributed by atoms with E-state index in [2.05, 4.69) is 28.2 Å². The molecule has 1 aliphatic heterocycles. The predicted molar refractivity (Wildman–Crippen MR) is 113 cm³/mol. The molecule has 31 heavy (non-hydrogen) atoms. The van der Waals surface area contributed by atoms with E-state index in [0.717, 1.165) is 36.8 Å². The van der Waals surface area contributed by atoms with Crippen molar-refractivity contribution in [2.24, 2.45) is 0 Å². The first-order valence-electron chi connectivity index (χ1n) is 9.89. The minimum Gasteiger partial charge on any atom is -0.475 e. The Morgan fingerprint density at radius 1 is 1.19 bits per heavy atom. The highest BCUT2D eigenvalue weighted by Gasteiger charge is 2.38. The lowest BCUT2D eigenvalue weighted by molar-refractivity contribution is -0.192. The average Bonchev–Trinajstić information content (AvgIpc) is 2.73. The zero-order valence-corrected chi connectivity index (χ0v) is 18.8. The molecule has 11 heteroatoms. The normalized spacial score (nSPS) is 13.8. The van der Waals surface area contributed by atoms with Gasteiger partial charge in [0.25, 0.3) is 5.91 Å². The third kappa shape index (κ3) is 10.1. The first-order chi connectivity index (χ1) is 14.6. The first-order valence-corrected chi connectivity index (χ1v) is 10.7. The van der Waals surface area contributed by atoms with Crippen molar-refractivity contribution in [1.82, 2.24) is 15.1 Å². The van der Waals surface area contributed by atoms with Gasteiger partial charge in [0, 0.05) is 42.8 Å². The summed E-state index contributed by atoms with van der Waals surface area (Å²) in [5, 5.41) is 10.4. The molecule has 7 nitrogen and oxygen atoms in total. The standard InChI is InChI=1S/C18H26BrN3O2.C2HF3O2/c1-2-3-4-10-22(14-17(23)21-11-8-20-9-12-21)18(24)15-6-5-7-16(19)13-15;3-2(4,5)1(6)7/h5-7,13,20H,2-4,8-12,14H2,1H3;(H,6,7). The van der Waals surface area contributed by atoms with Crippen molar-refractivity contribution in [1.29, 1.82) is 0 Å². The Kier molecular flexibility index (Phi) is 11.5. The van der Waals surface area contributed by atoms with Crippen molar-refractivity contribution >= 4 is 33.7 Å². The quantitative estimate of drug-likeness (QED) is 0.551. The van der Waals surface area contributed by atoms with E-state index >= 15 is 0 Å². The van der Waals surface area contributed by atoms with Crippen LogP contribution in [0.5, 0.6) is 0 Å². The second-order valence-electron chi connectivity index (χ2n) is 6.88. The van der Waals surface area contributed by atoms with Gasteiger partial charge in [-0.05, 0) is 24.6 Å². The number of hydrogen-bond acceptors (Lipinski definition) is 4. The van der Waals surface area contributed by atoms with Crippen molar-refractivity contribution in [3.63, 3.8) is 0 Å². The predicted octanol–water partition coefficient (Wildman–Crippen LogP) is 3.15. The first kappa shape index (κ1) is 26.9. The molecule has 1 aliphatic rings. The van der Waals surface area contributed by atoms with Crippen molar-refractivity contribution in [2.75, 3.05) is 39.3 Å². The van der Waals surface area contributed by atoms with Crippen LogP contribution in [0.3, 0.4) is 0 Å². The van der Waals surface area contributed by atoms with Crippen LogP contribution in [0.15, 0.2) is 28.7 Å². The fourth-order valence-electron chi connectivity index (χ4n) is 2.79. The lowest BCUT2D eigenvalue weighted by atomic mass is 10.1. The topological polar surface area (TPSA) is 90.0 Å². The molecule has 1 saturated heterocycles. The van der Waals surface area contributed by atoms with Crippen molar-refractivity contribution in [3.8, 4) is 0 Å². The number of aliphatic carboxylic acids is 1. The van der Waals surface area contributed by atoms with Crippen molar-refractivity contribution in [3.05, 3.63) is 34.3 Å². The second kappa shape index (κ2) is 13.3. The highest BCUT2D eigenvalue weighted by Crippen LogP contribution is 2.15. The van der Waals surface area contributed by atoms with E-state index in [1.54, 1.807) is 11.0 Å². The number of carboxylic acid groups (broad SMARTS) is 1. The molecule has 0 bridgehead atoms. The van der Waals surface area contributed by atoms with Gasteiger partial charge in [-0.2, -0.15) is 13.2 Å². The maximum Gasteiger partial charge on any atom is 0.490 e. The molecular formula is C20H27BrF3N3O4. The maximum absolute atomic E-state index is 12.8. The van der Waals surface area contributed by atoms with Gasteiger partial charge >= 0.3 is 12.1 Å². The largest absolute Gasteiger partial charge is 0.490 e. The molecule has 2 amide bonds. The number of unbranched alkanes of at least 4 members (excludes halogenated alkanes) is 2. The van der Waals surface area contributed by atoms with Gasteiger partial charge in [-0.25, -0.2) is 4.79 Å². The number of amides is 2. The molecule has 0 aliphatic carbocycles. The molecule has 174 valence electrons. The minimum atomic E-state index is -5.08. The Labute approximate surface area is 187 Å². The van der Waals surface area contributed by atoms with Gasteiger partial charge in [-0.3, -0.25) is 9.59 Å². The van der Waals surface area contributed by atoms with Gasteiger partial charge in [0.2, 0.25) is 5.91 Å². The lowest BCUT2D eigenvalue weighted by Crippen LogP contribution is -2.50. The van der Waals surface area contributed by atoms with Gasteiger partial charge in [0.15, 0.2) is 0 Å². The number of rotatable bonds is 7. The molecule has 0 saturated carbocycles. The summed E-state index contributed by atoms with van der Waals surface area (Å²) in [5.41, 5.74) is 0.619. The van der Waals surface area contributed by atoms with Crippen molar-refractivity contribution < 1.29 is 32.7 Å².